The van der Waals surface area contributed by atoms with Crippen molar-refractivity contribution in [2.75, 3.05) is 7.11 Å². The maximum absolute atomic E-state index is 13.5. The smallest absolute Gasteiger partial charge is 0.263 e. The van der Waals surface area contributed by atoms with Gasteiger partial charge in [0.05, 0.1) is 40.5 Å². The Morgan fingerprint density at radius 3 is 2.65 bits per heavy atom. The number of thioether (sulfide) groups is 1. The fourth-order valence-corrected chi connectivity index (χ4v) is 5.98. The zero-order valence-electron chi connectivity index (χ0n) is 18.2. The van der Waals surface area contributed by atoms with Gasteiger partial charge in [-0.25, -0.2) is 4.98 Å². The summed E-state index contributed by atoms with van der Waals surface area (Å²) < 4.78 is 10.3. The van der Waals surface area contributed by atoms with E-state index in [0.29, 0.717) is 23.5 Å². The quantitative estimate of drug-likeness (QED) is 0.309. The SMILES string of the molecule is COc1ccccc1Cn1c(=O)c2ccccc2n2c(SCc3nc4ccccc4s3)nnc12. The lowest BCUT2D eigenvalue weighted by atomic mass is 10.2. The Labute approximate surface area is 202 Å². The van der Waals surface area contributed by atoms with Gasteiger partial charge < -0.3 is 4.74 Å². The summed E-state index contributed by atoms with van der Waals surface area (Å²) in [4.78, 5) is 18.2. The molecule has 168 valence electrons. The standard InChI is InChI=1S/C25H19N5O2S2/c1-32-20-12-6-2-8-16(20)14-29-23(31)17-9-3-5-11-19(17)30-24(29)27-28-25(30)33-15-22-26-18-10-4-7-13-21(18)34-22/h2-13H,14-15H2,1H3. The lowest BCUT2D eigenvalue weighted by molar-refractivity contribution is 0.408. The second kappa shape index (κ2) is 8.58. The van der Waals surface area contributed by atoms with Gasteiger partial charge in [0.25, 0.3) is 5.56 Å². The van der Waals surface area contributed by atoms with Gasteiger partial charge in [-0.1, -0.05) is 54.2 Å². The van der Waals surface area contributed by atoms with Crippen LogP contribution in [0.15, 0.2) is 82.7 Å². The van der Waals surface area contributed by atoms with E-state index in [4.69, 9.17) is 9.72 Å². The average molecular weight is 486 g/mol. The van der Waals surface area contributed by atoms with E-state index in [1.54, 1.807) is 34.8 Å². The van der Waals surface area contributed by atoms with E-state index in [9.17, 15) is 4.79 Å². The molecule has 0 radical (unpaired) electrons. The van der Waals surface area contributed by atoms with Crippen molar-refractivity contribution in [3.63, 3.8) is 0 Å². The van der Waals surface area contributed by atoms with Crippen LogP contribution in [0.25, 0.3) is 26.9 Å². The number of thiazole rings is 1. The maximum atomic E-state index is 13.5. The number of para-hydroxylation sites is 3. The summed E-state index contributed by atoms with van der Waals surface area (Å²) in [5.74, 6) is 1.90. The van der Waals surface area contributed by atoms with Crippen molar-refractivity contribution in [2.24, 2.45) is 0 Å². The Morgan fingerprint density at radius 1 is 0.971 bits per heavy atom. The summed E-state index contributed by atoms with van der Waals surface area (Å²) in [7, 11) is 1.63. The number of hydrogen-bond donors (Lipinski definition) is 0. The number of aromatic nitrogens is 5. The van der Waals surface area contributed by atoms with E-state index >= 15 is 0 Å². The number of hydrogen-bond acceptors (Lipinski definition) is 7. The number of nitrogens with zero attached hydrogens (tertiary/aromatic N) is 5. The molecule has 0 spiro atoms. The van der Waals surface area contributed by atoms with Gasteiger partial charge in [-0.05, 0) is 30.3 Å². The van der Waals surface area contributed by atoms with E-state index in [2.05, 4.69) is 16.3 Å². The molecule has 3 aromatic carbocycles. The average Bonchev–Trinajstić information content (AvgIpc) is 3.49. The number of fused-ring (bicyclic) bond motifs is 4. The van der Waals surface area contributed by atoms with Gasteiger partial charge in [0, 0.05) is 5.56 Å². The predicted molar refractivity (Wildman–Crippen MR) is 136 cm³/mol. The number of rotatable bonds is 6. The van der Waals surface area contributed by atoms with Crippen LogP contribution in [0.4, 0.5) is 0 Å². The van der Waals surface area contributed by atoms with Gasteiger partial charge in [-0.2, -0.15) is 0 Å². The molecule has 0 unspecified atom stereocenters. The van der Waals surface area contributed by atoms with Crippen molar-refractivity contribution in [1.82, 2.24) is 24.1 Å². The summed E-state index contributed by atoms with van der Waals surface area (Å²) in [6.45, 7) is 0.331. The van der Waals surface area contributed by atoms with Crippen LogP contribution in [0.3, 0.4) is 0 Å². The zero-order chi connectivity index (χ0) is 23.1. The largest absolute Gasteiger partial charge is 0.496 e. The Hall–Kier alpha value is -3.69. The van der Waals surface area contributed by atoms with E-state index in [1.807, 2.05) is 71.1 Å². The minimum absolute atomic E-state index is 0.107. The van der Waals surface area contributed by atoms with Gasteiger partial charge in [-0.3, -0.25) is 13.8 Å². The number of benzene rings is 3. The Bertz CT molecular complexity index is 1690. The van der Waals surface area contributed by atoms with Gasteiger partial charge in [0.1, 0.15) is 10.8 Å². The molecule has 3 heterocycles. The van der Waals surface area contributed by atoms with Crippen LogP contribution < -0.4 is 10.3 Å². The molecule has 0 aliphatic carbocycles. The van der Waals surface area contributed by atoms with Crippen molar-refractivity contribution in [3.05, 3.63) is 93.7 Å². The number of methoxy groups -OCH3 is 1. The summed E-state index contributed by atoms with van der Waals surface area (Å²) in [5.41, 5.74) is 2.58. The molecule has 0 aliphatic rings. The molecule has 0 saturated carbocycles. The fraction of sp³-hybridized carbons (Fsp3) is 0.120. The van der Waals surface area contributed by atoms with E-state index in [0.717, 1.165) is 32.5 Å². The minimum atomic E-state index is -0.107. The lowest BCUT2D eigenvalue weighted by Gasteiger charge is -2.13. The molecule has 0 N–H and O–H groups in total. The van der Waals surface area contributed by atoms with Crippen LogP contribution in [-0.2, 0) is 12.3 Å². The monoisotopic (exact) mass is 485 g/mol. The first-order valence-corrected chi connectivity index (χ1v) is 12.5. The van der Waals surface area contributed by atoms with Gasteiger partial charge in [0.15, 0.2) is 5.16 Å². The van der Waals surface area contributed by atoms with E-state index in [-0.39, 0.29) is 5.56 Å². The minimum Gasteiger partial charge on any atom is -0.496 e. The number of ether oxygens (including phenoxy) is 1. The Kier molecular flexibility index (Phi) is 5.27. The summed E-state index contributed by atoms with van der Waals surface area (Å²) in [6, 6.07) is 23.4. The van der Waals surface area contributed by atoms with Crippen molar-refractivity contribution < 1.29 is 4.74 Å². The highest BCUT2D eigenvalue weighted by atomic mass is 32.2. The van der Waals surface area contributed by atoms with Crippen LogP contribution in [0, 0.1) is 0 Å². The summed E-state index contributed by atoms with van der Waals surface area (Å²) >= 11 is 3.25. The molecule has 9 heteroatoms. The molecule has 7 nitrogen and oxygen atoms in total. The van der Waals surface area contributed by atoms with E-state index in [1.165, 1.54) is 4.70 Å². The highest BCUT2D eigenvalue weighted by Crippen LogP contribution is 2.29. The van der Waals surface area contributed by atoms with Gasteiger partial charge >= 0.3 is 0 Å². The zero-order valence-corrected chi connectivity index (χ0v) is 19.8. The third-order valence-corrected chi connectivity index (χ3v) is 7.82. The molecule has 0 bridgehead atoms. The molecule has 3 aromatic heterocycles. The van der Waals surface area contributed by atoms with E-state index < -0.39 is 0 Å². The van der Waals surface area contributed by atoms with Gasteiger partial charge in [-0.15, -0.1) is 21.5 Å². The van der Waals surface area contributed by atoms with Crippen LogP contribution in [-0.4, -0.2) is 31.3 Å². The third-order valence-electron chi connectivity index (χ3n) is 5.66. The molecular weight excluding hydrogens is 466 g/mol. The Morgan fingerprint density at radius 2 is 1.76 bits per heavy atom. The highest BCUT2D eigenvalue weighted by Gasteiger charge is 2.18. The fourth-order valence-electron chi connectivity index (χ4n) is 4.08. The summed E-state index contributed by atoms with van der Waals surface area (Å²) in [5, 5.41) is 11.3. The Balaban J connectivity index is 1.46. The van der Waals surface area contributed by atoms with Crippen molar-refractivity contribution >= 4 is 50.0 Å². The topological polar surface area (TPSA) is 74.3 Å². The normalized spacial score (nSPS) is 11.6. The molecule has 0 saturated heterocycles. The predicted octanol–water partition coefficient (Wildman–Crippen LogP) is 5.00. The summed E-state index contributed by atoms with van der Waals surface area (Å²) in [6.07, 6.45) is 0. The molecule has 0 aliphatic heterocycles. The van der Waals surface area contributed by atoms with Crippen LogP contribution in [0.2, 0.25) is 0 Å². The first kappa shape index (κ1) is 20.9. The molecule has 6 aromatic rings. The van der Waals surface area contributed by atoms with Gasteiger partial charge in [0.2, 0.25) is 5.78 Å². The molecular formula is C25H19N5O2S2. The van der Waals surface area contributed by atoms with Crippen LogP contribution in [0.1, 0.15) is 10.6 Å². The second-order valence-electron chi connectivity index (χ2n) is 7.70. The maximum Gasteiger partial charge on any atom is 0.263 e. The molecule has 0 fully saturated rings. The second-order valence-corrected chi connectivity index (χ2v) is 9.76. The van der Waals surface area contributed by atoms with Crippen LogP contribution >= 0.6 is 23.1 Å². The molecule has 0 amide bonds. The highest BCUT2D eigenvalue weighted by molar-refractivity contribution is 7.98. The van der Waals surface area contributed by atoms with Crippen molar-refractivity contribution in [2.45, 2.75) is 17.5 Å². The molecule has 0 atom stereocenters. The van der Waals surface area contributed by atoms with Crippen molar-refractivity contribution in [1.29, 1.82) is 0 Å². The van der Waals surface area contributed by atoms with Crippen LogP contribution in [0.5, 0.6) is 5.75 Å². The lowest BCUT2D eigenvalue weighted by Crippen LogP contribution is -2.24. The third kappa shape index (κ3) is 3.53. The first-order valence-electron chi connectivity index (χ1n) is 10.7. The van der Waals surface area contributed by atoms with Crippen molar-refractivity contribution in [3.8, 4) is 5.75 Å². The first-order chi connectivity index (χ1) is 16.7. The molecule has 6 rings (SSSR count). The molecule has 34 heavy (non-hydrogen) atoms.